The minimum atomic E-state index is -0.112. The molecule has 0 saturated carbocycles. The lowest BCUT2D eigenvalue weighted by Crippen LogP contribution is -2.12. The molecule has 0 aliphatic rings. The predicted octanol–water partition coefficient (Wildman–Crippen LogP) is 4.45. The Balaban J connectivity index is 2.06. The summed E-state index contributed by atoms with van der Waals surface area (Å²) in [5, 5.41) is 2.94. The van der Waals surface area contributed by atoms with Gasteiger partial charge in [0.25, 0.3) is 5.91 Å². The molecule has 2 aromatic carbocycles. The fourth-order valence-electron chi connectivity index (χ4n) is 1.86. The van der Waals surface area contributed by atoms with Crippen LogP contribution in [0.4, 0.5) is 5.69 Å². The molecule has 0 radical (unpaired) electrons. The maximum atomic E-state index is 12.2. The average molecular weight is 301 g/mol. The number of hydrogen-bond donors (Lipinski definition) is 1. The van der Waals surface area contributed by atoms with Crippen LogP contribution < -0.4 is 10.1 Å². The van der Waals surface area contributed by atoms with Gasteiger partial charge in [0.05, 0.1) is 12.3 Å². The third-order valence-corrected chi connectivity index (χ3v) is 3.74. The predicted molar refractivity (Wildman–Crippen MR) is 88.4 cm³/mol. The first-order valence-electron chi connectivity index (χ1n) is 6.92. The minimum absolute atomic E-state index is 0.112. The van der Waals surface area contributed by atoms with Crippen molar-refractivity contribution in [1.29, 1.82) is 0 Å². The van der Waals surface area contributed by atoms with Crippen LogP contribution in [0, 0.1) is 0 Å². The van der Waals surface area contributed by atoms with Crippen molar-refractivity contribution in [1.82, 2.24) is 0 Å². The molecule has 0 aliphatic carbocycles. The van der Waals surface area contributed by atoms with Crippen LogP contribution in [0.15, 0.2) is 53.4 Å². The number of nitrogens with one attached hydrogen (secondary N) is 1. The van der Waals surface area contributed by atoms with Crippen LogP contribution in [0.3, 0.4) is 0 Å². The number of ether oxygens (including phenoxy) is 1. The van der Waals surface area contributed by atoms with E-state index in [1.807, 2.05) is 42.7 Å². The number of amides is 1. The van der Waals surface area contributed by atoms with E-state index in [-0.39, 0.29) is 5.91 Å². The topological polar surface area (TPSA) is 38.3 Å². The fourth-order valence-corrected chi connectivity index (χ4v) is 2.42. The number of rotatable bonds is 6. The smallest absolute Gasteiger partial charge is 0.255 e. The molecule has 0 fully saturated rings. The highest BCUT2D eigenvalue weighted by molar-refractivity contribution is 7.98. The zero-order valence-electron chi connectivity index (χ0n) is 12.3. The number of carbonyl (C=O) groups excluding carboxylic acids is 1. The molecule has 1 N–H and O–H groups in total. The quantitative estimate of drug-likeness (QED) is 0.801. The molecule has 0 aliphatic heterocycles. The Morgan fingerprint density at radius 2 is 1.86 bits per heavy atom. The minimum Gasteiger partial charge on any atom is -0.494 e. The molecular formula is C17H19NO2S. The Morgan fingerprint density at radius 3 is 2.52 bits per heavy atom. The summed E-state index contributed by atoms with van der Waals surface area (Å²) in [5.41, 5.74) is 1.45. The van der Waals surface area contributed by atoms with Crippen molar-refractivity contribution in [2.75, 3.05) is 18.2 Å². The summed E-state index contributed by atoms with van der Waals surface area (Å²) in [6.07, 6.45) is 2.96. The van der Waals surface area contributed by atoms with Crippen molar-refractivity contribution in [3.05, 3.63) is 54.1 Å². The van der Waals surface area contributed by atoms with Crippen LogP contribution in [0.1, 0.15) is 23.7 Å². The third-order valence-electron chi connectivity index (χ3n) is 2.94. The second kappa shape index (κ2) is 7.74. The van der Waals surface area contributed by atoms with Crippen LogP contribution in [0.25, 0.3) is 0 Å². The second-order valence-electron chi connectivity index (χ2n) is 4.53. The lowest BCUT2D eigenvalue weighted by atomic mass is 10.2. The van der Waals surface area contributed by atoms with Gasteiger partial charge >= 0.3 is 0 Å². The Morgan fingerprint density at radius 1 is 1.14 bits per heavy atom. The molecule has 2 aromatic rings. The largest absolute Gasteiger partial charge is 0.494 e. The summed E-state index contributed by atoms with van der Waals surface area (Å²) in [7, 11) is 0. The molecule has 0 saturated heterocycles. The van der Waals surface area contributed by atoms with Gasteiger partial charge in [-0.1, -0.05) is 19.1 Å². The van der Waals surface area contributed by atoms with Crippen molar-refractivity contribution in [3.63, 3.8) is 0 Å². The van der Waals surface area contributed by atoms with Crippen molar-refractivity contribution in [2.45, 2.75) is 18.2 Å². The van der Waals surface area contributed by atoms with E-state index in [1.165, 1.54) is 0 Å². The Bertz CT molecular complexity index is 596. The normalized spacial score (nSPS) is 10.2. The number of benzene rings is 2. The SMILES string of the molecule is CCCOc1ccc(C(=O)Nc2ccccc2SC)cc1. The van der Waals surface area contributed by atoms with Crippen LogP contribution in [-0.2, 0) is 0 Å². The number of hydrogen-bond acceptors (Lipinski definition) is 3. The van der Waals surface area contributed by atoms with E-state index in [0.717, 1.165) is 22.8 Å². The summed E-state index contributed by atoms with van der Waals surface area (Å²) in [6.45, 7) is 2.75. The van der Waals surface area contributed by atoms with Crippen molar-refractivity contribution in [3.8, 4) is 5.75 Å². The number of carbonyl (C=O) groups is 1. The van der Waals surface area contributed by atoms with Gasteiger partial charge in [0.1, 0.15) is 5.75 Å². The molecule has 0 aromatic heterocycles. The molecule has 0 atom stereocenters. The Hall–Kier alpha value is -1.94. The van der Waals surface area contributed by atoms with E-state index in [9.17, 15) is 4.79 Å². The third kappa shape index (κ3) is 4.26. The Labute approximate surface area is 129 Å². The standard InChI is InChI=1S/C17H19NO2S/c1-3-12-20-14-10-8-13(9-11-14)17(19)18-15-6-4-5-7-16(15)21-2/h4-11H,3,12H2,1-2H3,(H,18,19). The van der Waals surface area contributed by atoms with E-state index in [4.69, 9.17) is 4.74 Å². The highest BCUT2D eigenvalue weighted by Gasteiger charge is 2.08. The first-order chi connectivity index (χ1) is 10.2. The fraction of sp³-hybridized carbons (Fsp3) is 0.235. The lowest BCUT2D eigenvalue weighted by molar-refractivity contribution is 0.102. The van der Waals surface area contributed by atoms with Crippen LogP contribution in [0.2, 0.25) is 0 Å². The first kappa shape index (κ1) is 15.4. The first-order valence-corrected chi connectivity index (χ1v) is 8.14. The molecule has 0 spiro atoms. The molecule has 0 bridgehead atoms. The van der Waals surface area contributed by atoms with E-state index >= 15 is 0 Å². The van der Waals surface area contributed by atoms with Crippen LogP contribution in [0.5, 0.6) is 5.75 Å². The van der Waals surface area contributed by atoms with Gasteiger partial charge in [0, 0.05) is 10.5 Å². The molecule has 0 heterocycles. The summed E-state index contributed by atoms with van der Waals surface area (Å²) in [6, 6.07) is 15.0. The van der Waals surface area contributed by atoms with Crippen molar-refractivity contribution >= 4 is 23.4 Å². The van der Waals surface area contributed by atoms with E-state index < -0.39 is 0 Å². The van der Waals surface area contributed by atoms with Crippen molar-refractivity contribution in [2.24, 2.45) is 0 Å². The summed E-state index contributed by atoms with van der Waals surface area (Å²) in [4.78, 5) is 13.3. The zero-order valence-corrected chi connectivity index (χ0v) is 13.1. The van der Waals surface area contributed by atoms with Gasteiger partial charge < -0.3 is 10.1 Å². The van der Waals surface area contributed by atoms with Gasteiger partial charge in [-0.05, 0) is 49.1 Å². The van der Waals surface area contributed by atoms with Crippen LogP contribution >= 0.6 is 11.8 Å². The monoisotopic (exact) mass is 301 g/mol. The second-order valence-corrected chi connectivity index (χ2v) is 5.38. The lowest BCUT2D eigenvalue weighted by Gasteiger charge is -2.10. The van der Waals surface area contributed by atoms with Gasteiger partial charge in [-0.25, -0.2) is 0 Å². The van der Waals surface area contributed by atoms with Crippen molar-refractivity contribution < 1.29 is 9.53 Å². The van der Waals surface area contributed by atoms with Crippen LogP contribution in [-0.4, -0.2) is 18.8 Å². The zero-order chi connectivity index (χ0) is 15.1. The maximum Gasteiger partial charge on any atom is 0.255 e. The molecule has 4 heteroatoms. The number of anilines is 1. The molecular weight excluding hydrogens is 282 g/mol. The Kier molecular flexibility index (Phi) is 5.69. The summed E-state index contributed by atoms with van der Waals surface area (Å²) >= 11 is 1.61. The number of para-hydroxylation sites is 1. The van der Waals surface area contributed by atoms with Gasteiger partial charge in [-0.2, -0.15) is 0 Å². The molecule has 0 unspecified atom stereocenters. The molecule has 3 nitrogen and oxygen atoms in total. The summed E-state index contributed by atoms with van der Waals surface area (Å²) in [5.74, 6) is 0.677. The summed E-state index contributed by atoms with van der Waals surface area (Å²) < 4.78 is 5.51. The highest BCUT2D eigenvalue weighted by atomic mass is 32.2. The van der Waals surface area contributed by atoms with Gasteiger partial charge in [-0.3, -0.25) is 4.79 Å². The molecule has 21 heavy (non-hydrogen) atoms. The van der Waals surface area contributed by atoms with Gasteiger partial charge in [-0.15, -0.1) is 11.8 Å². The molecule has 2 rings (SSSR count). The van der Waals surface area contributed by atoms with Gasteiger partial charge in [0.15, 0.2) is 0 Å². The van der Waals surface area contributed by atoms with E-state index in [2.05, 4.69) is 12.2 Å². The molecule has 110 valence electrons. The molecule has 1 amide bonds. The maximum absolute atomic E-state index is 12.2. The van der Waals surface area contributed by atoms with Gasteiger partial charge in [0.2, 0.25) is 0 Å². The number of thioether (sulfide) groups is 1. The van der Waals surface area contributed by atoms with E-state index in [1.54, 1.807) is 23.9 Å². The average Bonchev–Trinajstić information content (AvgIpc) is 2.54. The highest BCUT2D eigenvalue weighted by Crippen LogP contribution is 2.25. The van der Waals surface area contributed by atoms with E-state index in [0.29, 0.717) is 12.2 Å².